The molecule has 0 radical (unpaired) electrons. The number of benzene rings is 1. The predicted molar refractivity (Wildman–Crippen MR) is 86.5 cm³/mol. The average Bonchev–Trinajstić information content (AvgIpc) is 2.49. The first-order valence-corrected chi connectivity index (χ1v) is 8.26. The van der Waals surface area contributed by atoms with Crippen LogP contribution in [0.1, 0.15) is 38.2 Å². The molecule has 1 aliphatic rings. The average molecular weight is 312 g/mol. The maximum absolute atomic E-state index is 9.95. The molecule has 1 aromatic carbocycles. The molecule has 2 N–H and O–H groups in total. The topological polar surface area (TPSA) is 41.5 Å². The van der Waals surface area contributed by atoms with E-state index in [9.17, 15) is 5.11 Å². The minimum absolute atomic E-state index is 0.340. The van der Waals surface area contributed by atoms with Gasteiger partial charge in [-0.05, 0) is 49.3 Å². The summed E-state index contributed by atoms with van der Waals surface area (Å²) in [5, 5.41) is 13.9. The van der Waals surface area contributed by atoms with E-state index in [1.54, 1.807) is 0 Å². The van der Waals surface area contributed by atoms with Gasteiger partial charge in [-0.15, -0.1) is 0 Å². The SMILES string of the molecule is CC1CCC(OCC(O)CNCc2ccc(Cl)cc2)CC1. The van der Waals surface area contributed by atoms with Crippen LogP contribution >= 0.6 is 11.6 Å². The molecular weight excluding hydrogens is 286 g/mol. The van der Waals surface area contributed by atoms with Crippen molar-refractivity contribution in [2.24, 2.45) is 5.92 Å². The molecule has 1 aliphatic carbocycles. The molecule has 1 aromatic rings. The van der Waals surface area contributed by atoms with Crippen molar-refractivity contribution in [1.29, 1.82) is 0 Å². The number of hydrogen-bond acceptors (Lipinski definition) is 3. The van der Waals surface area contributed by atoms with Gasteiger partial charge in [-0.1, -0.05) is 30.7 Å². The van der Waals surface area contributed by atoms with Gasteiger partial charge in [0.05, 0.1) is 18.8 Å². The number of aliphatic hydroxyl groups excluding tert-OH is 1. The molecular formula is C17H26ClNO2. The number of hydrogen-bond donors (Lipinski definition) is 2. The van der Waals surface area contributed by atoms with Crippen molar-refractivity contribution in [3.63, 3.8) is 0 Å². The molecule has 0 amide bonds. The van der Waals surface area contributed by atoms with Gasteiger partial charge < -0.3 is 15.2 Å². The fraction of sp³-hybridized carbons (Fsp3) is 0.647. The monoisotopic (exact) mass is 311 g/mol. The standard InChI is InChI=1S/C17H26ClNO2/c1-13-2-8-17(9-3-13)21-12-16(20)11-19-10-14-4-6-15(18)7-5-14/h4-7,13,16-17,19-20H,2-3,8-12H2,1H3. The Balaban J connectivity index is 1.57. The second-order valence-electron chi connectivity index (χ2n) is 6.13. The lowest BCUT2D eigenvalue weighted by molar-refractivity contribution is -0.0278. The van der Waals surface area contributed by atoms with Crippen LogP contribution < -0.4 is 5.32 Å². The summed E-state index contributed by atoms with van der Waals surface area (Å²) in [7, 11) is 0. The molecule has 0 bridgehead atoms. The first-order chi connectivity index (χ1) is 10.1. The highest BCUT2D eigenvalue weighted by atomic mass is 35.5. The first kappa shape index (κ1) is 16.8. The van der Waals surface area contributed by atoms with Crippen LogP contribution in [0.15, 0.2) is 24.3 Å². The lowest BCUT2D eigenvalue weighted by Crippen LogP contribution is -2.32. The van der Waals surface area contributed by atoms with Crippen molar-refractivity contribution in [1.82, 2.24) is 5.32 Å². The first-order valence-electron chi connectivity index (χ1n) is 7.88. The van der Waals surface area contributed by atoms with Crippen LogP contribution in [0.5, 0.6) is 0 Å². The van der Waals surface area contributed by atoms with E-state index in [1.807, 2.05) is 24.3 Å². The van der Waals surface area contributed by atoms with Crippen molar-refractivity contribution < 1.29 is 9.84 Å². The molecule has 4 heteroatoms. The van der Waals surface area contributed by atoms with Crippen LogP contribution in [0.3, 0.4) is 0 Å². The molecule has 2 rings (SSSR count). The zero-order chi connectivity index (χ0) is 15.1. The van der Waals surface area contributed by atoms with Crippen LogP contribution in [-0.2, 0) is 11.3 Å². The van der Waals surface area contributed by atoms with E-state index in [-0.39, 0.29) is 0 Å². The molecule has 0 aromatic heterocycles. The Labute approximate surface area is 132 Å². The number of halogens is 1. The number of ether oxygens (including phenoxy) is 1. The largest absolute Gasteiger partial charge is 0.389 e. The molecule has 21 heavy (non-hydrogen) atoms. The molecule has 1 saturated carbocycles. The quantitative estimate of drug-likeness (QED) is 0.811. The van der Waals surface area contributed by atoms with Crippen LogP contribution in [0.4, 0.5) is 0 Å². The molecule has 1 atom stereocenters. The summed E-state index contributed by atoms with van der Waals surface area (Å²) in [5.74, 6) is 0.829. The van der Waals surface area contributed by atoms with Crippen molar-refractivity contribution in [3.05, 3.63) is 34.9 Å². The molecule has 1 fully saturated rings. The Kier molecular flexibility index (Phi) is 6.97. The molecule has 0 spiro atoms. The Bertz CT molecular complexity index is 402. The highest BCUT2D eigenvalue weighted by molar-refractivity contribution is 6.30. The van der Waals surface area contributed by atoms with Crippen molar-refractivity contribution >= 4 is 11.6 Å². The van der Waals surface area contributed by atoms with Crippen LogP contribution in [-0.4, -0.2) is 30.5 Å². The smallest absolute Gasteiger partial charge is 0.0897 e. The van der Waals surface area contributed by atoms with Crippen molar-refractivity contribution in [2.45, 2.75) is 51.4 Å². The van der Waals surface area contributed by atoms with E-state index < -0.39 is 6.10 Å². The molecule has 1 unspecified atom stereocenters. The van der Waals surface area contributed by atoms with Crippen LogP contribution in [0.2, 0.25) is 5.02 Å². The summed E-state index contributed by atoms with van der Waals surface area (Å²) in [6.45, 7) is 4.00. The van der Waals surface area contributed by atoms with Gasteiger partial charge in [-0.25, -0.2) is 0 Å². The lowest BCUT2D eigenvalue weighted by atomic mass is 9.89. The van der Waals surface area contributed by atoms with Gasteiger partial charge in [0.25, 0.3) is 0 Å². The fourth-order valence-corrected chi connectivity index (χ4v) is 2.81. The molecule has 3 nitrogen and oxygen atoms in total. The minimum atomic E-state index is -0.448. The Morgan fingerprint density at radius 2 is 1.90 bits per heavy atom. The molecule has 0 heterocycles. The van der Waals surface area contributed by atoms with Crippen molar-refractivity contribution in [3.8, 4) is 0 Å². The Morgan fingerprint density at radius 1 is 1.24 bits per heavy atom. The Hall–Kier alpha value is -0.610. The normalized spacial score (nSPS) is 24.0. The highest BCUT2D eigenvalue weighted by Gasteiger charge is 2.19. The third-order valence-electron chi connectivity index (χ3n) is 4.11. The predicted octanol–water partition coefficient (Wildman–Crippen LogP) is 3.39. The Morgan fingerprint density at radius 3 is 2.57 bits per heavy atom. The summed E-state index contributed by atoms with van der Waals surface area (Å²) in [4.78, 5) is 0. The molecule has 0 saturated heterocycles. The summed E-state index contributed by atoms with van der Waals surface area (Å²) in [5.41, 5.74) is 1.16. The van der Waals surface area contributed by atoms with Gasteiger partial charge in [-0.3, -0.25) is 0 Å². The van der Waals surface area contributed by atoms with E-state index in [4.69, 9.17) is 16.3 Å². The van der Waals surface area contributed by atoms with E-state index in [2.05, 4.69) is 12.2 Å². The van der Waals surface area contributed by atoms with Crippen LogP contribution in [0, 0.1) is 5.92 Å². The van der Waals surface area contributed by atoms with Crippen molar-refractivity contribution in [2.75, 3.05) is 13.2 Å². The zero-order valence-electron chi connectivity index (χ0n) is 12.7. The fourth-order valence-electron chi connectivity index (χ4n) is 2.69. The number of rotatable bonds is 7. The zero-order valence-corrected chi connectivity index (χ0v) is 13.5. The van der Waals surface area contributed by atoms with E-state index in [0.717, 1.165) is 35.9 Å². The minimum Gasteiger partial charge on any atom is -0.389 e. The molecule has 118 valence electrons. The summed E-state index contributed by atoms with van der Waals surface area (Å²) in [6.07, 6.45) is 4.65. The maximum atomic E-state index is 9.95. The third kappa shape index (κ3) is 6.35. The van der Waals surface area contributed by atoms with Gasteiger partial charge >= 0.3 is 0 Å². The second kappa shape index (κ2) is 8.74. The van der Waals surface area contributed by atoms with Gasteiger partial charge in [0.15, 0.2) is 0 Å². The second-order valence-corrected chi connectivity index (χ2v) is 6.56. The lowest BCUT2D eigenvalue weighted by Gasteiger charge is -2.27. The van der Waals surface area contributed by atoms with E-state index in [1.165, 1.54) is 12.8 Å². The van der Waals surface area contributed by atoms with Crippen LogP contribution in [0.25, 0.3) is 0 Å². The van der Waals surface area contributed by atoms with E-state index in [0.29, 0.717) is 19.3 Å². The number of nitrogens with one attached hydrogen (secondary N) is 1. The van der Waals surface area contributed by atoms with Gasteiger partial charge in [0.2, 0.25) is 0 Å². The van der Waals surface area contributed by atoms with Gasteiger partial charge in [0, 0.05) is 18.1 Å². The third-order valence-corrected chi connectivity index (χ3v) is 4.36. The number of aliphatic hydroxyl groups is 1. The van der Waals surface area contributed by atoms with Gasteiger partial charge in [-0.2, -0.15) is 0 Å². The summed E-state index contributed by atoms with van der Waals surface area (Å²) < 4.78 is 5.80. The van der Waals surface area contributed by atoms with Gasteiger partial charge in [0.1, 0.15) is 0 Å². The van der Waals surface area contributed by atoms with E-state index >= 15 is 0 Å². The summed E-state index contributed by atoms with van der Waals surface area (Å²) in [6, 6.07) is 7.73. The molecule has 0 aliphatic heterocycles. The summed E-state index contributed by atoms with van der Waals surface area (Å²) >= 11 is 5.84. The maximum Gasteiger partial charge on any atom is 0.0897 e. The highest BCUT2D eigenvalue weighted by Crippen LogP contribution is 2.25.